The van der Waals surface area contributed by atoms with Gasteiger partial charge in [-0.2, -0.15) is 4.39 Å². The van der Waals surface area contributed by atoms with Crippen LogP contribution in [-0.4, -0.2) is 18.0 Å². The fraction of sp³-hybridized carbons (Fsp3) is 0.143. The maximum absolute atomic E-state index is 13.5. The Hall–Kier alpha value is -1.79. The van der Waals surface area contributed by atoms with Crippen molar-refractivity contribution in [3.8, 4) is 0 Å². The molecule has 0 bridgehead atoms. The fourth-order valence-corrected chi connectivity index (χ4v) is 2.19. The van der Waals surface area contributed by atoms with Gasteiger partial charge in [-0.3, -0.25) is 4.79 Å². The van der Waals surface area contributed by atoms with Crippen LogP contribution < -0.4 is 5.32 Å². The fourth-order valence-electron chi connectivity index (χ4n) is 1.71. The number of methoxy groups -OCH3 is 1. The number of carbonyl (C=O) groups is 1. The van der Waals surface area contributed by atoms with Gasteiger partial charge in [0, 0.05) is 29.0 Å². The zero-order valence-electron chi connectivity index (χ0n) is 10.7. The van der Waals surface area contributed by atoms with E-state index >= 15 is 0 Å². The number of amides is 1. The first-order valence-electron chi connectivity index (χ1n) is 5.81. The number of benzene rings is 1. The summed E-state index contributed by atoms with van der Waals surface area (Å²) in [6.45, 7) is 0.326. The van der Waals surface area contributed by atoms with E-state index in [1.807, 2.05) is 6.07 Å². The Balaban J connectivity index is 2.29. The summed E-state index contributed by atoms with van der Waals surface area (Å²) in [4.78, 5) is 15.5. The molecule has 0 fully saturated rings. The number of nitrogens with one attached hydrogen (secondary N) is 1. The second-order valence-corrected chi connectivity index (χ2v) is 4.85. The molecule has 104 valence electrons. The summed E-state index contributed by atoms with van der Waals surface area (Å²) < 4.78 is 19.4. The Kier molecular flexibility index (Phi) is 4.81. The topological polar surface area (TPSA) is 51.2 Å². The Morgan fingerprint density at radius 2 is 2.20 bits per heavy atom. The van der Waals surface area contributed by atoms with E-state index in [4.69, 9.17) is 4.74 Å². The highest BCUT2D eigenvalue weighted by Gasteiger charge is 2.14. The standard InChI is InChI=1S/C14H12BrFN2O2/c1-20-8-10-11(15)5-2-6-12(10)18-14(19)9-4-3-7-17-13(9)16/h2-7H,8H2,1H3,(H,18,19). The smallest absolute Gasteiger partial charge is 0.260 e. The molecular weight excluding hydrogens is 327 g/mol. The third-order valence-corrected chi connectivity index (χ3v) is 3.40. The summed E-state index contributed by atoms with van der Waals surface area (Å²) in [7, 11) is 1.56. The SMILES string of the molecule is COCc1c(Br)cccc1NC(=O)c1cccnc1F. The molecule has 1 amide bonds. The van der Waals surface area contributed by atoms with Gasteiger partial charge in [0.15, 0.2) is 0 Å². The van der Waals surface area contributed by atoms with Crippen LogP contribution in [0.15, 0.2) is 41.0 Å². The molecule has 0 aliphatic rings. The van der Waals surface area contributed by atoms with E-state index in [1.165, 1.54) is 18.3 Å². The van der Waals surface area contributed by atoms with E-state index in [2.05, 4.69) is 26.2 Å². The first-order valence-corrected chi connectivity index (χ1v) is 6.61. The summed E-state index contributed by atoms with van der Waals surface area (Å²) in [5.41, 5.74) is 1.25. The van der Waals surface area contributed by atoms with Crippen LogP contribution in [-0.2, 0) is 11.3 Å². The highest BCUT2D eigenvalue weighted by atomic mass is 79.9. The predicted molar refractivity (Wildman–Crippen MR) is 77.0 cm³/mol. The van der Waals surface area contributed by atoms with Crippen molar-refractivity contribution in [2.75, 3.05) is 12.4 Å². The zero-order chi connectivity index (χ0) is 14.5. The van der Waals surface area contributed by atoms with Gasteiger partial charge in [0.05, 0.1) is 12.2 Å². The van der Waals surface area contributed by atoms with Crippen LogP contribution in [0.2, 0.25) is 0 Å². The number of rotatable bonds is 4. The number of carbonyl (C=O) groups excluding carboxylic acids is 1. The number of nitrogens with zero attached hydrogens (tertiary/aromatic N) is 1. The molecule has 1 aromatic heterocycles. The molecule has 1 heterocycles. The van der Waals surface area contributed by atoms with E-state index in [1.54, 1.807) is 19.2 Å². The van der Waals surface area contributed by atoms with E-state index in [9.17, 15) is 9.18 Å². The van der Waals surface area contributed by atoms with E-state index in [0.717, 1.165) is 10.0 Å². The average molecular weight is 339 g/mol. The second kappa shape index (κ2) is 6.58. The maximum atomic E-state index is 13.5. The van der Waals surface area contributed by atoms with Crippen LogP contribution in [0.3, 0.4) is 0 Å². The van der Waals surface area contributed by atoms with Crippen molar-refractivity contribution in [1.29, 1.82) is 0 Å². The number of hydrogen-bond acceptors (Lipinski definition) is 3. The molecule has 4 nitrogen and oxygen atoms in total. The lowest BCUT2D eigenvalue weighted by molar-refractivity contribution is 0.102. The lowest BCUT2D eigenvalue weighted by atomic mass is 10.1. The lowest BCUT2D eigenvalue weighted by Gasteiger charge is -2.12. The summed E-state index contributed by atoms with van der Waals surface area (Å²) >= 11 is 3.39. The van der Waals surface area contributed by atoms with Crippen molar-refractivity contribution < 1.29 is 13.9 Å². The Morgan fingerprint density at radius 3 is 2.90 bits per heavy atom. The number of anilines is 1. The van der Waals surface area contributed by atoms with Crippen LogP contribution in [0.1, 0.15) is 15.9 Å². The van der Waals surface area contributed by atoms with Crippen LogP contribution in [0, 0.1) is 5.95 Å². The molecule has 0 saturated carbocycles. The summed E-state index contributed by atoms with van der Waals surface area (Å²) in [6, 6.07) is 8.24. The minimum Gasteiger partial charge on any atom is -0.380 e. The van der Waals surface area contributed by atoms with E-state index in [-0.39, 0.29) is 5.56 Å². The molecular formula is C14H12BrFN2O2. The van der Waals surface area contributed by atoms with Crippen molar-refractivity contribution in [3.63, 3.8) is 0 Å². The third-order valence-electron chi connectivity index (χ3n) is 2.66. The molecule has 1 aromatic carbocycles. The summed E-state index contributed by atoms with van der Waals surface area (Å²) in [6.07, 6.45) is 1.29. The van der Waals surface area contributed by atoms with Crippen molar-refractivity contribution in [3.05, 3.63) is 58.1 Å². The molecule has 20 heavy (non-hydrogen) atoms. The Morgan fingerprint density at radius 1 is 1.40 bits per heavy atom. The third kappa shape index (κ3) is 3.20. The van der Waals surface area contributed by atoms with E-state index in [0.29, 0.717) is 12.3 Å². The van der Waals surface area contributed by atoms with Crippen LogP contribution in [0.4, 0.5) is 10.1 Å². The van der Waals surface area contributed by atoms with Crippen molar-refractivity contribution in [2.24, 2.45) is 0 Å². The average Bonchev–Trinajstić information content (AvgIpc) is 2.43. The molecule has 6 heteroatoms. The highest BCUT2D eigenvalue weighted by Crippen LogP contribution is 2.26. The normalized spacial score (nSPS) is 10.3. The van der Waals surface area contributed by atoms with Crippen LogP contribution in [0.25, 0.3) is 0 Å². The minimum absolute atomic E-state index is 0.101. The predicted octanol–water partition coefficient (Wildman–Crippen LogP) is 3.38. The molecule has 1 N–H and O–H groups in total. The van der Waals surface area contributed by atoms with Crippen molar-refractivity contribution in [2.45, 2.75) is 6.61 Å². The number of pyridine rings is 1. The Bertz CT molecular complexity index is 634. The van der Waals surface area contributed by atoms with Crippen molar-refractivity contribution >= 4 is 27.5 Å². The van der Waals surface area contributed by atoms with Gasteiger partial charge >= 0.3 is 0 Å². The maximum Gasteiger partial charge on any atom is 0.260 e. The second-order valence-electron chi connectivity index (χ2n) is 3.99. The molecule has 2 aromatic rings. The Labute approximate surface area is 124 Å². The van der Waals surface area contributed by atoms with Gasteiger partial charge in [-0.25, -0.2) is 4.98 Å². The molecule has 2 rings (SSSR count). The quantitative estimate of drug-likeness (QED) is 0.869. The molecule has 0 unspecified atom stereocenters. The monoisotopic (exact) mass is 338 g/mol. The van der Waals surface area contributed by atoms with E-state index < -0.39 is 11.9 Å². The largest absolute Gasteiger partial charge is 0.380 e. The first kappa shape index (κ1) is 14.6. The molecule has 0 radical (unpaired) electrons. The lowest BCUT2D eigenvalue weighted by Crippen LogP contribution is -2.16. The zero-order valence-corrected chi connectivity index (χ0v) is 12.3. The molecule has 0 aliphatic heterocycles. The number of halogens is 2. The minimum atomic E-state index is -0.798. The molecule has 0 atom stereocenters. The number of aromatic nitrogens is 1. The highest BCUT2D eigenvalue weighted by molar-refractivity contribution is 9.10. The van der Waals surface area contributed by atoms with Gasteiger partial charge in [-0.05, 0) is 24.3 Å². The number of ether oxygens (including phenoxy) is 1. The molecule has 0 saturated heterocycles. The molecule has 0 aliphatic carbocycles. The molecule has 0 spiro atoms. The van der Waals surface area contributed by atoms with Gasteiger partial charge in [0.2, 0.25) is 5.95 Å². The number of hydrogen-bond donors (Lipinski definition) is 1. The van der Waals surface area contributed by atoms with Crippen molar-refractivity contribution in [1.82, 2.24) is 4.98 Å². The van der Waals surface area contributed by atoms with Gasteiger partial charge in [0.25, 0.3) is 5.91 Å². The van der Waals surface area contributed by atoms with Gasteiger partial charge in [-0.1, -0.05) is 22.0 Å². The van der Waals surface area contributed by atoms with Gasteiger partial charge < -0.3 is 10.1 Å². The van der Waals surface area contributed by atoms with Crippen LogP contribution in [0.5, 0.6) is 0 Å². The van der Waals surface area contributed by atoms with Gasteiger partial charge in [-0.15, -0.1) is 0 Å². The first-order chi connectivity index (χ1) is 9.63. The van der Waals surface area contributed by atoms with Gasteiger partial charge in [0.1, 0.15) is 0 Å². The summed E-state index contributed by atoms with van der Waals surface area (Å²) in [5.74, 6) is -1.35. The summed E-state index contributed by atoms with van der Waals surface area (Å²) in [5, 5.41) is 2.66. The van der Waals surface area contributed by atoms with Crippen LogP contribution >= 0.6 is 15.9 Å².